The highest BCUT2D eigenvalue weighted by Crippen LogP contribution is 2.43. The summed E-state index contributed by atoms with van der Waals surface area (Å²) in [5.74, 6) is 0.970. The van der Waals surface area contributed by atoms with Crippen LogP contribution in [0.4, 0.5) is 0 Å². The average Bonchev–Trinajstić information content (AvgIpc) is 2.37. The second-order valence-corrected chi connectivity index (χ2v) is 21.0. The van der Waals surface area contributed by atoms with E-state index in [0.29, 0.717) is 11.8 Å². The van der Waals surface area contributed by atoms with Gasteiger partial charge in [-0.15, -0.1) is 16.4 Å². The van der Waals surface area contributed by atoms with Crippen LogP contribution in [-0.4, -0.2) is 68.7 Å². The van der Waals surface area contributed by atoms with Gasteiger partial charge >= 0.3 is 0 Å². The van der Waals surface area contributed by atoms with E-state index in [1.54, 1.807) is 0 Å². The molecule has 11 aromatic carbocycles. The van der Waals surface area contributed by atoms with E-state index >= 15 is 0 Å². The van der Waals surface area contributed by atoms with Crippen LogP contribution in [0.25, 0.3) is 150 Å². The molecule has 0 aliphatic carbocycles. The number of rotatable bonds is 9. The van der Waals surface area contributed by atoms with Crippen molar-refractivity contribution in [1.82, 2.24) is 29.5 Å². The maximum absolute atomic E-state index is 6.69. The van der Waals surface area contributed by atoms with Crippen LogP contribution < -0.4 is 27.3 Å². The van der Waals surface area contributed by atoms with E-state index in [4.69, 9.17) is 64.2 Å². The maximum Gasteiger partial charge on any atom is 0.238 e. The van der Waals surface area contributed by atoms with Crippen LogP contribution in [0.15, 0.2) is 249 Å². The van der Waals surface area contributed by atoms with Gasteiger partial charge in [0.05, 0.1) is 27.8 Å². The van der Waals surface area contributed by atoms with Gasteiger partial charge in [0.25, 0.3) is 0 Å². The molecule has 84 heavy (non-hydrogen) atoms. The van der Waals surface area contributed by atoms with Gasteiger partial charge in [0.2, 0.25) is 5.95 Å². The Bertz CT molecular complexity index is 5130. The lowest BCUT2D eigenvalue weighted by Gasteiger charge is -2.21. The molecule has 0 bridgehead atoms. The SMILES string of the molecule is [B]c1c([B])c([B])c(-c2nc(-c3ccccc3)nc(-n3c4ccc(-c5ccccc5-c5cccc(-c6cccc(-c7ccccc7-c7ccnc8c7ccc7ccc(-c9ccccc9)nc78)c6)c5)cc4c4c5ccccc5ccc43)n2)c([B])c1[B]. The first-order chi connectivity index (χ1) is 41.2. The van der Waals surface area contributed by atoms with Crippen LogP contribution in [0, 0.1) is 0 Å². The quantitative estimate of drug-likeness (QED) is 0.106. The molecule has 11 heteroatoms. The number of hydrogen-bond acceptors (Lipinski definition) is 5. The average molecular weight is 1060 g/mol. The first-order valence-electron chi connectivity index (χ1n) is 27.7. The van der Waals surface area contributed by atoms with Gasteiger partial charge in [-0.3, -0.25) is 9.55 Å². The van der Waals surface area contributed by atoms with Crippen molar-refractivity contribution in [2.45, 2.75) is 0 Å². The van der Waals surface area contributed by atoms with Gasteiger partial charge in [-0.2, -0.15) is 9.97 Å². The van der Waals surface area contributed by atoms with Crippen molar-refractivity contribution in [3.63, 3.8) is 0 Å². The normalized spacial score (nSPS) is 11.6. The van der Waals surface area contributed by atoms with E-state index < -0.39 is 0 Å². The summed E-state index contributed by atoms with van der Waals surface area (Å²) in [4.78, 5) is 25.4. The summed E-state index contributed by atoms with van der Waals surface area (Å²) in [7, 11) is 32.5. The zero-order valence-electron chi connectivity index (χ0n) is 45.2. The highest BCUT2D eigenvalue weighted by atomic mass is 15.2. The lowest BCUT2D eigenvalue weighted by atomic mass is 9.60. The van der Waals surface area contributed by atoms with E-state index in [1.165, 1.54) is 0 Å². The minimum Gasteiger partial charge on any atom is -0.278 e. The fourth-order valence-corrected chi connectivity index (χ4v) is 12.0. The molecule has 6 nitrogen and oxygen atoms in total. The second kappa shape index (κ2) is 20.6. The van der Waals surface area contributed by atoms with Crippen molar-refractivity contribution in [2.75, 3.05) is 0 Å². The van der Waals surface area contributed by atoms with Crippen molar-refractivity contribution < 1.29 is 0 Å². The number of nitrogens with zero attached hydrogens (tertiary/aromatic N) is 6. The van der Waals surface area contributed by atoms with Crippen molar-refractivity contribution >= 4 is 121 Å². The fraction of sp³-hybridized carbons (Fsp3) is 0. The molecular formula is C73H41B5N6. The summed E-state index contributed by atoms with van der Waals surface area (Å²) < 4.78 is 2.08. The van der Waals surface area contributed by atoms with Crippen molar-refractivity contribution in [1.29, 1.82) is 0 Å². The van der Waals surface area contributed by atoms with Crippen LogP contribution in [0.1, 0.15) is 0 Å². The van der Waals surface area contributed by atoms with Crippen LogP contribution in [0.2, 0.25) is 0 Å². The topological polar surface area (TPSA) is 69.4 Å². The summed E-state index contributed by atoms with van der Waals surface area (Å²) >= 11 is 0. The van der Waals surface area contributed by atoms with Crippen molar-refractivity contribution in [3.8, 4) is 95.6 Å². The lowest BCUT2D eigenvalue weighted by molar-refractivity contribution is 0.955. The fourth-order valence-electron chi connectivity index (χ4n) is 12.0. The largest absolute Gasteiger partial charge is 0.278 e. The number of benzene rings is 11. The van der Waals surface area contributed by atoms with E-state index in [-0.39, 0.29) is 38.7 Å². The molecule has 0 amide bonds. The van der Waals surface area contributed by atoms with Gasteiger partial charge in [0.15, 0.2) is 11.6 Å². The molecule has 0 spiro atoms. The molecule has 0 aliphatic rings. The minimum atomic E-state index is 0.107. The van der Waals surface area contributed by atoms with Gasteiger partial charge in [0, 0.05) is 44.4 Å². The van der Waals surface area contributed by atoms with E-state index in [0.717, 1.165) is 127 Å². The molecule has 4 aromatic heterocycles. The number of hydrogen-bond donors (Lipinski definition) is 0. The Balaban J connectivity index is 0.832. The molecule has 0 unspecified atom stereocenters. The molecule has 4 heterocycles. The summed E-state index contributed by atoms with van der Waals surface area (Å²) in [6.45, 7) is 0. The van der Waals surface area contributed by atoms with E-state index in [1.807, 2.05) is 54.7 Å². The Morgan fingerprint density at radius 1 is 0.298 bits per heavy atom. The maximum atomic E-state index is 6.69. The molecule has 0 fully saturated rings. The Hall–Kier alpha value is -10.4. The summed E-state index contributed by atoms with van der Waals surface area (Å²) in [6, 6.07) is 84.9. The first kappa shape index (κ1) is 50.6. The van der Waals surface area contributed by atoms with Crippen molar-refractivity contribution in [3.05, 3.63) is 249 Å². The Labute approximate surface area is 492 Å². The van der Waals surface area contributed by atoms with Gasteiger partial charge in [-0.05, 0) is 109 Å². The van der Waals surface area contributed by atoms with Crippen LogP contribution >= 0.6 is 0 Å². The standard InChI is InChI=1S/C73H41B5N6/c74-64-63(65(75)67(77)68(78)66(64)76)72-81-71(45-18-5-2-6-19-45)82-73(83-72)84-60-35-32-50(41-58(60)62-54-27-8-7-15-42(54)31-36-61(62)84)52-25-10-9-24-51(52)48-22-13-20-46(39-48)47-21-14-23-49(40-47)53-26-11-12-28-55(53)56-37-38-79-70-57(56)33-29-44-30-34-59(80-69(44)70)43-16-3-1-4-17-43/h1-41H. The van der Waals surface area contributed by atoms with Gasteiger partial charge in [0.1, 0.15) is 39.2 Å². The summed E-state index contributed by atoms with van der Waals surface area (Å²) in [5.41, 5.74) is 18.2. The second-order valence-electron chi connectivity index (χ2n) is 21.0. The monoisotopic (exact) mass is 1060 g/mol. The zero-order chi connectivity index (χ0) is 56.6. The Kier molecular flexibility index (Phi) is 12.4. The summed E-state index contributed by atoms with van der Waals surface area (Å²) in [5, 5.41) is 6.36. The smallest absolute Gasteiger partial charge is 0.238 e. The van der Waals surface area contributed by atoms with Gasteiger partial charge in [-0.1, -0.05) is 211 Å². The van der Waals surface area contributed by atoms with Crippen LogP contribution in [-0.2, 0) is 0 Å². The van der Waals surface area contributed by atoms with Crippen LogP contribution in [0.5, 0.6) is 0 Å². The molecule has 0 saturated carbocycles. The molecule has 10 radical (unpaired) electrons. The van der Waals surface area contributed by atoms with E-state index in [2.05, 4.69) is 199 Å². The predicted molar refractivity (Wildman–Crippen MR) is 353 cm³/mol. The minimum absolute atomic E-state index is 0.107. The molecule has 0 atom stereocenters. The van der Waals surface area contributed by atoms with Gasteiger partial charge < -0.3 is 0 Å². The predicted octanol–water partition coefficient (Wildman–Crippen LogP) is 12.5. The highest BCUT2D eigenvalue weighted by Gasteiger charge is 2.23. The van der Waals surface area contributed by atoms with Crippen LogP contribution in [0.3, 0.4) is 0 Å². The number of pyridine rings is 2. The van der Waals surface area contributed by atoms with Gasteiger partial charge in [-0.25, -0.2) is 9.97 Å². The van der Waals surface area contributed by atoms with E-state index in [9.17, 15) is 0 Å². The number of fused-ring (bicyclic) bond motifs is 8. The Morgan fingerprint density at radius 3 is 1.54 bits per heavy atom. The third kappa shape index (κ3) is 8.53. The summed E-state index contributed by atoms with van der Waals surface area (Å²) in [6.07, 6.45) is 1.91. The molecule has 15 rings (SSSR count). The Morgan fingerprint density at radius 2 is 0.833 bits per heavy atom. The third-order valence-electron chi connectivity index (χ3n) is 16.2. The van der Waals surface area contributed by atoms with Crippen molar-refractivity contribution in [2.24, 2.45) is 0 Å². The molecular weight excluding hydrogens is 1010 g/mol. The molecule has 0 aliphatic heterocycles. The lowest BCUT2D eigenvalue weighted by Crippen LogP contribution is -2.55. The molecule has 0 N–H and O–H groups in total. The highest BCUT2D eigenvalue weighted by molar-refractivity contribution is 6.68. The zero-order valence-corrected chi connectivity index (χ0v) is 45.2. The molecule has 378 valence electrons. The third-order valence-corrected chi connectivity index (χ3v) is 16.2. The molecule has 0 saturated heterocycles. The molecule has 15 aromatic rings. The first-order valence-corrected chi connectivity index (χ1v) is 27.7. The number of aromatic nitrogens is 6.